The first kappa shape index (κ1) is 10.9. The first-order valence-electron chi connectivity index (χ1n) is 4.04. The van der Waals surface area contributed by atoms with Gasteiger partial charge in [0.25, 0.3) is 0 Å². The normalized spacial score (nSPS) is 12.1. The lowest BCUT2D eigenvalue weighted by molar-refractivity contribution is 0.0692. The lowest BCUT2D eigenvalue weighted by Gasteiger charge is -2.05. The van der Waals surface area contributed by atoms with Gasteiger partial charge in [-0.15, -0.1) is 0 Å². The molecule has 0 bridgehead atoms. The summed E-state index contributed by atoms with van der Waals surface area (Å²) in [7, 11) is 0. The third-order valence-corrected chi connectivity index (χ3v) is 2.20. The Labute approximate surface area is 89.9 Å². The largest absolute Gasteiger partial charge is 0.478 e. The molecule has 0 fully saturated rings. The van der Waals surface area contributed by atoms with E-state index in [1.807, 2.05) is 0 Å². The van der Waals surface area contributed by atoms with E-state index in [1.165, 1.54) is 12.1 Å². The number of halogens is 1. The molecule has 4 heteroatoms. The Kier molecular flexibility index (Phi) is 3.41. The van der Waals surface area contributed by atoms with Gasteiger partial charge in [0, 0.05) is 5.56 Å². The fourth-order valence-electron chi connectivity index (χ4n) is 1.10. The lowest BCUT2D eigenvalue weighted by Crippen LogP contribution is -2.14. The van der Waals surface area contributed by atoms with Gasteiger partial charge in [0.2, 0.25) is 0 Å². The van der Waals surface area contributed by atoms with Crippen LogP contribution in [0.15, 0.2) is 24.3 Å². The summed E-state index contributed by atoms with van der Waals surface area (Å²) in [6.45, 7) is 1.67. The quantitative estimate of drug-likeness (QED) is 0.668. The van der Waals surface area contributed by atoms with Crippen molar-refractivity contribution in [1.82, 2.24) is 0 Å². The Bertz CT molecular complexity index is 371. The highest BCUT2D eigenvalue weighted by molar-refractivity contribution is 9.10. The maximum Gasteiger partial charge on any atom is 0.336 e. The van der Waals surface area contributed by atoms with Crippen LogP contribution < -0.4 is 0 Å². The Balaban J connectivity index is 3.20. The number of Topliss-reactive ketones (excluding diaryl/α,β-unsaturated/α-hetero) is 1. The topological polar surface area (TPSA) is 54.4 Å². The minimum atomic E-state index is -1.08. The number of carboxylic acid groups (broad SMARTS) is 1. The standard InChI is InChI=1S/C10H9BrO3/c1-6(11)9(12)7-4-2-3-5-8(7)10(13)14/h2-6H,1H3,(H,13,14). The van der Waals surface area contributed by atoms with Crippen molar-refractivity contribution in [2.24, 2.45) is 0 Å². The van der Waals surface area contributed by atoms with E-state index >= 15 is 0 Å². The molecule has 0 spiro atoms. The Morgan fingerprint density at radius 1 is 1.29 bits per heavy atom. The highest BCUT2D eigenvalue weighted by Crippen LogP contribution is 2.14. The molecule has 74 valence electrons. The molecule has 1 unspecified atom stereocenters. The highest BCUT2D eigenvalue weighted by atomic mass is 79.9. The summed E-state index contributed by atoms with van der Waals surface area (Å²) in [5.74, 6) is -1.30. The molecule has 1 aromatic carbocycles. The number of rotatable bonds is 3. The number of ketones is 1. The van der Waals surface area contributed by atoms with Crippen molar-refractivity contribution in [3.05, 3.63) is 35.4 Å². The lowest BCUT2D eigenvalue weighted by atomic mass is 10.0. The van der Waals surface area contributed by atoms with Gasteiger partial charge >= 0.3 is 5.97 Å². The fourth-order valence-corrected chi connectivity index (χ4v) is 1.35. The monoisotopic (exact) mass is 256 g/mol. The van der Waals surface area contributed by atoms with Gasteiger partial charge in [0.1, 0.15) is 0 Å². The minimum absolute atomic E-state index is 0.0452. The number of carboxylic acids is 1. The molecule has 0 aliphatic rings. The molecule has 0 radical (unpaired) electrons. The van der Waals surface area contributed by atoms with Crippen LogP contribution in [0.3, 0.4) is 0 Å². The third-order valence-electron chi connectivity index (χ3n) is 1.78. The van der Waals surface area contributed by atoms with Crippen molar-refractivity contribution < 1.29 is 14.7 Å². The molecule has 1 rings (SSSR count). The molecule has 1 atom stereocenters. The molecule has 0 heterocycles. The van der Waals surface area contributed by atoms with Crippen molar-refractivity contribution in [2.75, 3.05) is 0 Å². The zero-order chi connectivity index (χ0) is 10.7. The highest BCUT2D eigenvalue weighted by Gasteiger charge is 2.18. The Hall–Kier alpha value is -1.16. The van der Waals surface area contributed by atoms with E-state index in [-0.39, 0.29) is 21.7 Å². The van der Waals surface area contributed by atoms with E-state index in [2.05, 4.69) is 15.9 Å². The second-order valence-corrected chi connectivity index (χ2v) is 4.20. The molecule has 0 amide bonds. The van der Waals surface area contributed by atoms with E-state index < -0.39 is 5.97 Å². The smallest absolute Gasteiger partial charge is 0.336 e. The van der Waals surface area contributed by atoms with Gasteiger partial charge < -0.3 is 5.11 Å². The molecular weight excluding hydrogens is 248 g/mol. The van der Waals surface area contributed by atoms with Crippen LogP contribution in [0.1, 0.15) is 27.6 Å². The predicted molar refractivity (Wildman–Crippen MR) is 56.1 cm³/mol. The van der Waals surface area contributed by atoms with Crippen LogP contribution in [0, 0.1) is 0 Å². The predicted octanol–water partition coefficient (Wildman–Crippen LogP) is 2.35. The van der Waals surface area contributed by atoms with Crippen molar-refractivity contribution in [3.63, 3.8) is 0 Å². The van der Waals surface area contributed by atoms with Gasteiger partial charge in [-0.25, -0.2) is 4.79 Å². The first-order chi connectivity index (χ1) is 6.54. The maximum absolute atomic E-state index is 11.6. The molecule has 3 nitrogen and oxygen atoms in total. The van der Waals surface area contributed by atoms with E-state index in [4.69, 9.17) is 5.11 Å². The number of hydrogen-bond donors (Lipinski definition) is 1. The molecule has 0 aromatic heterocycles. The molecule has 0 aliphatic heterocycles. The maximum atomic E-state index is 11.6. The molecule has 14 heavy (non-hydrogen) atoms. The molecule has 0 aliphatic carbocycles. The van der Waals surface area contributed by atoms with E-state index in [0.29, 0.717) is 0 Å². The summed E-state index contributed by atoms with van der Waals surface area (Å²) >= 11 is 3.12. The molecule has 0 saturated carbocycles. The van der Waals surface area contributed by atoms with E-state index in [9.17, 15) is 9.59 Å². The van der Waals surface area contributed by atoms with Crippen LogP contribution in [0.2, 0.25) is 0 Å². The Morgan fingerprint density at radius 3 is 2.21 bits per heavy atom. The van der Waals surface area contributed by atoms with Crippen LogP contribution in [-0.2, 0) is 0 Å². The molecule has 1 aromatic rings. The second-order valence-electron chi connectivity index (χ2n) is 2.83. The van der Waals surface area contributed by atoms with E-state index in [0.717, 1.165) is 0 Å². The number of aromatic carboxylic acids is 1. The number of hydrogen-bond acceptors (Lipinski definition) is 2. The van der Waals surface area contributed by atoms with Gasteiger partial charge in [-0.1, -0.05) is 34.1 Å². The number of benzene rings is 1. The summed E-state index contributed by atoms with van der Waals surface area (Å²) in [5.41, 5.74) is 0.285. The fraction of sp³-hybridized carbons (Fsp3) is 0.200. The summed E-state index contributed by atoms with van der Waals surface area (Å²) in [6.07, 6.45) is 0. The van der Waals surface area contributed by atoms with Crippen molar-refractivity contribution in [1.29, 1.82) is 0 Å². The third kappa shape index (κ3) is 2.20. The van der Waals surface area contributed by atoms with Crippen molar-refractivity contribution >= 4 is 27.7 Å². The van der Waals surface area contributed by atoms with Crippen LogP contribution >= 0.6 is 15.9 Å². The van der Waals surface area contributed by atoms with Gasteiger partial charge in [-0.2, -0.15) is 0 Å². The van der Waals surface area contributed by atoms with Crippen LogP contribution in [0.5, 0.6) is 0 Å². The molecular formula is C10H9BrO3. The second kappa shape index (κ2) is 4.37. The average Bonchev–Trinajstić information content (AvgIpc) is 2.16. The van der Waals surface area contributed by atoms with Gasteiger partial charge in [0.05, 0.1) is 10.4 Å². The Morgan fingerprint density at radius 2 is 1.79 bits per heavy atom. The minimum Gasteiger partial charge on any atom is -0.478 e. The number of carbonyl (C=O) groups excluding carboxylic acids is 1. The summed E-state index contributed by atoms with van der Waals surface area (Å²) in [4.78, 5) is 22.0. The van der Waals surface area contributed by atoms with Gasteiger partial charge in [-0.05, 0) is 13.0 Å². The number of alkyl halides is 1. The first-order valence-corrected chi connectivity index (χ1v) is 4.96. The summed E-state index contributed by atoms with van der Waals surface area (Å²) in [5, 5.41) is 8.83. The SMILES string of the molecule is CC(Br)C(=O)c1ccccc1C(=O)O. The van der Waals surface area contributed by atoms with Crippen molar-refractivity contribution in [3.8, 4) is 0 Å². The van der Waals surface area contributed by atoms with E-state index in [1.54, 1.807) is 19.1 Å². The number of carbonyl (C=O) groups is 2. The average molecular weight is 257 g/mol. The van der Waals surface area contributed by atoms with Crippen molar-refractivity contribution in [2.45, 2.75) is 11.8 Å². The zero-order valence-electron chi connectivity index (χ0n) is 7.53. The van der Waals surface area contributed by atoms with Gasteiger partial charge in [0.15, 0.2) is 5.78 Å². The van der Waals surface area contributed by atoms with Crippen LogP contribution in [0.4, 0.5) is 0 Å². The summed E-state index contributed by atoms with van der Waals surface area (Å²) < 4.78 is 0. The van der Waals surface area contributed by atoms with Crippen LogP contribution in [0.25, 0.3) is 0 Å². The van der Waals surface area contributed by atoms with Crippen LogP contribution in [-0.4, -0.2) is 21.7 Å². The molecule has 0 saturated heterocycles. The van der Waals surface area contributed by atoms with Gasteiger partial charge in [-0.3, -0.25) is 4.79 Å². The zero-order valence-corrected chi connectivity index (χ0v) is 9.11. The molecule has 1 N–H and O–H groups in total. The summed E-state index contributed by atoms with van der Waals surface area (Å²) in [6, 6.07) is 6.18.